The van der Waals surface area contributed by atoms with Crippen molar-refractivity contribution >= 4 is 12.4 Å². The van der Waals surface area contributed by atoms with E-state index in [1.807, 2.05) is 55.7 Å². The quantitative estimate of drug-likeness (QED) is 0.662. The zero-order chi connectivity index (χ0) is 8.81. The fraction of sp³-hybridized carbons (Fsp3) is 0.182. The van der Waals surface area contributed by atoms with E-state index in [1.54, 1.807) is 0 Å². The molecule has 0 amide bonds. The summed E-state index contributed by atoms with van der Waals surface area (Å²) in [5.41, 5.74) is 1.11. The standard InChI is InChI=1S/C11H11O/c1-10(9-12)7-8-11-5-3-2-4-6-11/h2-8,10H,1H3. The minimum Gasteiger partial charge on any atom is -0.290 e. The fourth-order valence-electron chi connectivity index (χ4n) is 0.859. The molecule has 0 heterocycles. The zero-order valence-corrected chi connectivity index (χ0v) is 7.03. The maximum atomic E-state index is 10.1. The molecule has 0 fully saturated rings. The highest BCUT2D eigenvalue weighted by Gasteiger charge is 1.91. The molecule has 1 radical (unpaired) electrons. The second-order valence-corrected chi connectivity index (χ2v) is 2.68. The van der Waals surface area contributed by atoms with E-state index in [9.17, 15) is 4.79 Å². The van der Waals surface area contributed by atoms with E-state index in [2.05, 4.69) is 0 Å². The van der Waals surface area contributed by atoms with Gasteiger partial charge in [0.2, 0.25) is 6.29 Å². The molecular formula is C11H11O. The number of hydrogen-bond donors (Lipinski definition) is 0. The first-order valence-corrected chi connectivity index (χ1v) is 3.94. The van der Waals surface area contributed by atoms with Gasteiger partial charge >= 0.3 is 0 Å². The summed E-state index contributed by atoms with van der Waals surface area (Å²) < 4.78 is 0. The third-order valence-corrected chi connectivity index (χ3v) is 1.56. The van der Waals surface area contributed by atoms with Crippen LogP contribution in [0.25, 0.3) is 6.08 Å². The van der Waals surface area contributed by atoms with Crippen LogP contribution in [0.15, 0.2) is 36.4 Å². The first-order valence-electron chi connectivity index (χ1n) is 3.94. The Hall–Kier alpha value is -1.37. The molecule has 12 heavy (non-hydrogen) atoms. The van der Waals surface area contributed by atoms with E-state index in [-0.39, 0.29) is 5.92 Å². The number of benzene rings is 1. The Morgan fingerprint density at radius 1 is 1.33 bits per heavy atom. The smallest absolute Gasteiger partial charge is 0.205 e. The summed E-state index contributed by atoms with van der Waals surface area (Å²) in [6.45, 7) is 1.81. The average Bonchev–Trinajstić information content (AvgIpc) is 2.16. The molecule has 0 N–H and O–H groups in total. The largest absolute Gasteiger partial charge is 0.290 e. The third kappa shape index (κ3) is 2.70. The van der Waals surface area contributed by atoms with Crippen LogP contribution in [0.2, 0.25) is 0 Å². The topological polar surface area (TPSA) is 17.1 Å². The van der Waals surface area contributed by atoms with E-state index in [1.165, 1.54) is 0 Å². The monoisotopic (exact) mass is 159 g/mol. The number of carbonyl (C=O) groups excluding carboxylic acids is 1. The molecule has 0 saturated carbocycles. The molecule has 1 aromatic rings. The van der Waals surface area contributed by atoms with Crippen molar-refractivity contribution in [2.45, 2.75) is 6.92 Å². The van der Waals surface area contributed by atoms with Crippen LogP contribution in [0.4, 0.5) is 0 Å². The van der Waals surface area contributed by atoms with E-state index >= 15 is 0 Å². The molecule has 1 unspecified atom stereocenters. The summed E-state index contributed by atoms with van der Waals surface area (Å²) in [6.07, 6.45) is 5.66. The van der Waals surface area contributed by atoms with Crippen LogP contribution >= 0.6 is 0 Å². The van der Waals surface area contributed by atoms with Gasteiger partial charge in [-0.1, -0.05) is 49.4 Å². The van der Waals surface area contributed by atoms with Gasteiger partial charge in [0.15, 0.2) is 0 Å². The molecule has 0 aliphatic carbocycles. The first kappa shape index (κ1) is 8.72. The Morgan fingerprint density at radius 3 is 2.58 bits per heavy atom. The van der Waals surface area contributed by atoms with Gasteiger partial charge in [0, 0.05) is 5.92 Å². The van der Waals surface area contributed by atoms with E-state index < -0.39 is 0 Å². The van der Waals surface area contributed by atoms with Gasteiger partial charge in [-0.3, -0.25) is 4.79 Å². The van der Waals surface area contributed by atoms with Crippen molar-refractivity contribution in [3.8, 4) is 0 Å². The molecule has 0 bridgehead atoms. The molecule has 1 aromatic carbocycles. The molecule has 0 saturated heterocycles. The molecule has 0 aromatic heterocycles. The van der Waals surface area contributed by atoms with Gasteiger partial charge in [0.05, 0.1) is 0 Å². The van der Waals surface area contributed by atoms with Gasteiger partial charge in [-0.25, -0.2) is 0 Å². The van der Waals surface area contributed by atoms with E-state index in [4.69, 9.17) is 0 Å². The van der Waals surface area contributed by atoms with Crippen molar-refractivity contribution < 1.29 is 4.79 Å². The summed E-state index contributed by atoms with van der Waals surface area (Å²) in [7, 11) is 0. The molecule has 0 aliphatic heterocycles. The second kappa shape index (κ2) is 4.50. The van der Waals surface area contributed by atoms with Crippen LogP contribution < -0.4 is 0 Å². The summed E-state index contributed by atoms with van der Waals surface area (Å²) in [5, 5.41) is 0. The Balaban J connectivity index is 2.63. The lowest BCUT2D eigenvalue weighted by atomic mass is 10.1. The third-order valence-electron chi connectivity index (χ3n) is 1.56. The van der Waals surface area contributed by atoms with Crippen LogP contribution in [0.1, 0.15) is 12.5 Å². The minimum atomic E-state index is -0.120. The lowest BCUT2D eigenvalue weighted by Gasteiger charge is -1.92. The van der Waals surface area contributed by atoms with Gasteiger partial charge in [-0.05, 0) is 5.56 Å². The lowest BCUT2D eigenvalue weighted by molar-refractivity contribution is 0.543. The normalized spacial score (nSPS) is 13.1. The molecule has 1 rings (SSSR count). The molecule has 0 aliphatic rings. The van der Waals surface area contributed by atoms with Gasteiger partial charge < -0.3 is 0 Å². The Labute approximate surface area is 72.7 Å². The van der Waals surface area contributed by atoms with E-state index in [0.717, 1.165) is 5.56 Å². The van der Waals surface area contributed by atoms with Gasteiger partial charge in [-0.15, -0.1) is 0 Å². The summed E-state index contributed by atoms with van der Waals surface area (Å²) >= 11 is 0. The highest BCUT2D eigenvalue weighted by atomic mass is 16.1. The Morgan fingerprint density at radius 2 is 2.00 bits per heavy atom. The van der Waals surface area contributed by atoms with Crippen molar-refractivity contribution in [3.63, 3.8) is 0 Å². The molecule has 1 nitrogen and oxygen atoms in total. The molecule has 61 valence electrons. The summed E-state index contributed by atoms with van der Waals surface area (Å²) in [5.74, 6) is -0.120. The lowest BCUT2D eigenvalue weighted by Crippen LogP contribution is -1.87. The van der Waals surface area contributed by atoms with Crippen molar-refractivity contribution in [2.75, 3.05) is 0 Å². The maximum Gasteiger partial charge on any atom is 0.205 e. The average molecular weight is 159 g/mol. The van der Waals surface area contributed by atoms with E-state index in [0.29, 0.717) is 0 Å². The fourth-order valence-corrected chi connectivity index (χ4v) is 0.859. The second-order valence-electron chi connectivity index (χ2n) is 2.68. The molecule has 1 heteroatoms. The van der Waals surface area contributed by atoms with Gasteiger partial charge in [0.25, 0.3) is 0 Å². The van der Waals surface area contributed by atoms with Crippen LogP contribution in [0, 0.1) is 5.92 Å². The number of hydrogen-bond acceptors (Lipinski definition) is 1. The van der Waals surface area contributed by atoms with Crippen LogP contribution in [0.5, 0.6) is 0 Å². The SMILES string of the molecule is CC([C]=O)C=Cc1ccccc1. The maximum absolute atomic E-state index is 10.1. The van der Waals surface area contributed by atoms with Crippen molar-refractivity contribution in [1.29, 1.82) is 0 Å². The van der Waals surface area contributed by atoms with Crippen LogP contribution in [0.3, 0.4) is 0 Å². The van der Waals surface area contributed by atoms with Gasteiger partial charge in [0.1, 0.15) is 0 Å². The molecular weight excluding hydrogens is 148 g/mol. The first-order chi connectivity index (χ1) is 5.83. The number of rotatable bonds is 3. The predicted molar refractivity (Wildman–Crippen MR) is 50.3 cm³/mol. The summed E-state index contributed by atoms with van der Waals surface area (Å²) in [4.78, 5) is 10.1. The van der Waals surface area contributed by atoms with Crippen molar-refractivity contribution in [1.82, 2.24) is 0 Å². The zero-order valence-electron chi connectivity index (χ0n) is 7.03. The molecule has 1 atom stereocenters. The Kier molecular flexibility index (Phi) is 3.27. The number of allylic oxidation sites excluding steroid dienone is 1. The van der Waals surface area contributed by atoms with Crippen molar-refractivity contribution in [3.05, 3.63) is 42.0 Å². The highest BCUT2D eigenvalue weighted by molar-refractivity contribution is 5.61. The van der Waals surface area contributed by atoms with Crippen LogP contribution in [-0.4, -0.2) is 6.29 Å². The van der Waals surface area contributed by atoms with Gasteiger partial charge in [-0.2, -0.15) is 0 Å². The highest BCUT2D eigenvalue weighted by Crippen LogP contribution is 2.03. The minimum absolute atomic E-state index is 0.120. The van der Waals surface area contributed by atoms with Crippen LogP contribution in [-0.2, 0) is 4.79 Å². The Bertz CT molecular complexity index is 262. The molecule has 0 spiro atoms. The predicted octanol–water partition coefficient (Wildman–Crippen LogP) is 2.45. The van der Waals surface area contributed by atoms with Crippen molar-refractivity contribution in [2.24, 2.45) is 5.92 Å². The summed E-state index contributed by atoms with van der Waals surface area (Å²) in [6, 6.07) is 9.89.